The summed E-state index contributed by atoms with van der Waals surface area (Å²) in [4.78, 5) is 24.8. The van der Waals surface area contributed by atoms with Gasteiger partial charge in [-0.3, -0.25) is 9.59 Å². The molecule has 2 aromatic carbocycles. The van der Waals surface area contributed by atoms with E-state index in [1.807, 2.05) is 0 Å². The molecule has 0 spiro atoms. The zero-order valence-electron chi connectivity index (χ0n) is 16.1. The number of carbonyl (C=O) groups excluding carboxylic acids is 2. The Morgan fingerprint density at radius 1 is 0.967 bits per heavy atom. The number of nitrogens with zero attached hydrogens (tertiary/aromatic N) is 2. The Kier molecular flexibility index (Phi) is 5.81. The van der Waals surface area contributed by atoms with Crippen molar-refractivity contribution in [2.45, 2.75) is 19.3 Å². The smallest absolute Gasteiger partial charge is 0.272 e. The average Bonchev–Trinajstić information content (AvgIpc) is 3.35. The minimum absolute atomic E-state index is 0.234. The molecule has 154 valence electrons. The van der Waals surface area contributed by atoms with Crippen LogP contribution in [0, 0.1) is 5.82 Å². The maximum atomic E-state index is 13.2. The van der Waals surface area contributed by atoms with Gasteiger partial charge in [-0.05, 0) is 67.8 Å². The number of fused-ring (bicyclic) bond motifs is 1. The number of amides is 2. The van der Waals surface area contributed by atoms with Crippen molar-refractivity contribution in [3.63, 3.8) is 0 Å². The minimum Gasteiger partial charge on any atom is -0.350 e. The Bertz CT molecular complexity index is 1080. The number of hydrogen-bond acceptors (Lipinski definition) is 3. The second-order valence-electron chi connectivity index (χ2n) is 7.03. The summed E-state index contributed by atoms with van der Waals surface area (Å²) in [6.07, 6.45) is 2.56. The summed E-state index contributed by atoms with van der Waals surface area (Å²) in [5, 5.41) is 10.6. The van der Waals surface area contributed by atoms with Crippen molar-refractivity contribution in [2.24, 2.45) is 0 Å². The van der Waals surface area contributed by atoms with Crippen LogP contribution >= 0.6 is 11.6 Å². The van der Waals surface area contributed by atoms with Gasteiger partial charge in [-0.1, -0.05) is 11.6 Å². The predicted octanol–water partition coefficient (Wildman–Crippen LogP) is 3.31. The molecule has 1 aromatic heterocycles. The molecule has 4 rings (SSSR count). The SMILES string of the molecule is O=C(NCCNC(=O)c1nn(-c2ccc(F)cc2)c2c1CCC2)c1ccc(Cl)cc1. The topological polar surface area (TPSA) is 76.0 Å². The fourth-order valence-corrected chi connectivity index (χ4v) is 3.68. The quantitative estimate of drug-likeness (QED) is 0.594. The molecule has 1 heterocycles. The van der Waals surface area contributed by atoms with E-state index in [1.165, 1.54) is 12.1 Å². The molecule has 0 radical (unpaired) electrons. The molecule has 8 heteroatoms. The van der Waals surface area contributed by atoms with Crippen molar-refractivity contribution in [3.05, 3.63) is 81.9 Å². The summed E-state index contributed by atoms with van der Waals surface area (Å²) in [6.45, 7) is 0.560. The van der Waals surface area contributed by atoms with Crippen LogP contribution in [0.15, 0.2) is 48.5 Å². The number of carbonyl (C=O) groups is 2. The Balaban J connectivity index is 1.38. The second kappa shape index (κ2) is 8.67. The van der Waals surface area contributed by atoms with Crippen molar-refractivity contribution >= 4 is 23.4 Å². The molecule has 6 nitrogen and oxygen atoms in total. The van der Waals surface area contributed by atoms with E-state index >= 15 is 0 Å². The van der Waals surface area contributed by atoms with Crippen LogP contribution in [0.25, 0.3) is 5.69 Å². The van der Waals surface area contributed by atoms with Gasteiger partial charge < -0.3 is 10.6 Å². The van der Waals surface area contributed by atoms with Crippen molar-refractivity contribution in [1.29, 1.82) is 0 Å². The second-order valence-corrected chi connectivity index (χ2v) is 7.47. The average molecular weight is 427 g/mol. The first-order valence-electron chi connectivity index (χ1n) is 9.71. The summed E-state index contributed by atoms with van der Waals surface area (Å²) < 4.78 is 15.0. The monoisotopic (exact) mass is 426 g/mol. The lowest BCUT2D eigenvalue weighted by molar-refractivity contribution is 0.0924. The number of aromatic nitrogens is 2. The summed E-state index contributed by atoms with van der Waals surface area (Å²) in [6, 6.07) is 12.6. The molecule has 1 aliphatic carbocycles. The molecule has 0 aliphatic heterocycles. The molecule has 2 amide bonds. The van der Waals surface area contributed by atoms with E-state index in [0.717, 1.165) is 36.2 Å². The number of benzene rings is 2. The molecule has 1 aliphatic rings. The van der Waals surface area contributed by atoms with Crippen LogP contribution in [-0.2, 0) is 12.8 Å². The van der Waals surface area contributed by atoms with Gasteiger partial charge in [0.2, 0.25) is 0 Å². The van der Waals surface area contributed by atoms with Gasteiger partial charge in [0.1, 0.15) is 5.82 Å². The van der Waals surface area contributed by atoms with Crippen molar-refractivity contribution in [3.8, 4) is 5.69 Å². The summed E-state index contributed by atoms with van der Waals surface area (Å²) in [5.41, 5.74) is 3.53. The van der Waals surface area contributed by atoms with E-state index in [0.29, 0.717) is 16.3 Å². The largest absolute Gasteiger partial charge is 0.350 e. The van der Waals surface area contributed by atoms with Gasteiger partial charge in [0.25, 0.3) is 11.8 Å². The maximum Gasteiger partial charge on any atom is 0.272 e. The molecule has 0 bridgehead atoms. The lowest BCUT2D eigenvalue weighted by atomic mass is 10.2. The lowest BCUT2D eigenvalue weighted by Crippen LogP contribution is -2.35. The zero-order valence-corrected chi connectivity index (χ0v) is 16.9. The predicted molar refractivity (Wildman–Crippen MR) is 112 cm³/mol. The highest BCUT2D eigenvalue weighted by Crippen LogP contribution is 2.27. The fraction of sp³-hybridized carbons (Fsp3) is 0.227. The number of rotatable bonds is 6. The van der Waals surface area contributed by atoms with Crippen LogP contribution in [0.5, 0.6) is 0 Å². The van der Waals surface area contributed by atoms with E-state index in [-0.39, 0.29) is 30.7 Å². The molecular formula is C22H20ClFN4O2. The van der Waals surface area contributed by atoms with E-state index < -0.39 is 0 Å². The van der Waals surface area contributed by atoms with Crippen molar-refractivity contribution in [2.75, 3.05) is 13.1 Å². The minimum atomic E-state index is -0.318. The van der Waals surface area contributed by atoms with Crippen molar-refractivity contribution < 1.29 is 14.0 Å². The Morgan fingerprint density at radius 3 is 2.33 bits per heavy atom. The zero-order chi connectivity index (χ0) is 21.1. The summed E-state index contributed by atoms with van der Waals surface area (Å²) in [7, 11) is 0. The van der Waals surface area contributed by atoms with Crippen LogP contribution in [0.4, 0.5) is 4.39 Å². The third-order valence-corrected chi connectivity index (χ3v) is 5.27. The van der Waals surface area contributed by atoms with Crippen molar-refractivity contribution in [1.82, 2.24) is 20.4 Å². The van der Waals surface area contributed by atoms with Crippen LogP contribution in [0.1, 0.15) is 38.5 Å². The van der Waals surface area contributed by atoms with Gasteiger partial charge in [0.05, 0.1) is 5.69 Å². The van der Waals surface area contributed by atoms with Crippen LogP contribution in [0.2, 0.25) is 5.02 Å². The maximum absolute atomic E-state index is 13.2. The molecule has 0 fully saturated rings. The van der Waals surface area contributed by atoms with Gasteiger partial charge in [0, 0.05) is 34.9 Å². The Labute approximate surface area is 178 Å². The van der Waals surface area contributed by atoms with Gasteiger partial charge in [-0.25, -0.2) is 9.07 Å². The van der Waals surface area contributed by atoms with E-state index in [1.54, 1.807) is 41.1 Å². The molecule has 2 N–H and O–H groups in total. The number of hydrogen-bond donors (Lipinski definition) is 2. The first-order chi connectivity index (χ1) is 14.5. The van der Waals surface area contributed by atoms with Gasteiger partial charge in [-0.2, -0.15) is 5.10 Å². The van der Waals surface area contributed by atoms with E-state index in [4.69, 9.17) is 11.6 Å². The summed E-state index contributed by atoms with van der Waals surface area (Å²) >= 11 is 5.82. The van der Waals surface area contributed by atoms with Crippen LogP contribution in [-0.4, -0.2) is 34.7 Å². The number of nitrogens with one attached hydrogen (secondary N) is 2. The third-order valence-electron chi connectivity index (χ3n) is 5.02. The molecule has 0 saturated heterocycles. The fourth-order valence-electron chi connectivity index (χ4n) is 3.55. The van der Waals surface area contributed by atoms with E-state index in [9.17, 15) is 14.0 Å². The molecule has 0 unspecified atom stereocenters. The molecule has 0 atom stereocenters. The number of halogens is 2. The van der Waals surface area contributed by atoms with Gasteiger partial charge in [0.15, 0.2) is 5.69 Å². The van der Waals surface area contributed by atoms with Gasteiger partial charge >= 0.3 is 0 Å². The van der Waals surface area contributed by atoms with Crippen LogP contribution < -0.4 is 10.6 Å². The molecule has 0 saturated carbocycles. The summed E-state index contributed by atoms with van der Waals surface area (Å²) in [5.74, 6) is -0.835. The normalized spacial score (nSPS) is 12.5. The highest BCUT2D eigenvalue weighted by molar-refractivity contribution is 6.30. The first kappa shape index (κ1) is 20.1. The lowest BCUT2D eigenvalue weighted by Gasteiger charge is -2.07. The standard InChI is InChI=1S/C22H20ClFN4O2/c23-15-6-4-14(5-7-15)21(29)25-12-13-26-22(30)20-18-2-1-3-19(18)28(27-20)17-10-8-16(24)9-11-17/h4-11H,1-3,12-13H2,(H,25,29)(H,26,30). The van der Waals surface area contributed by atoms with Gasteiger partial charge in [-0.15, -0.1) is 0 Å². The molecule has 3 aromatic rings. The Morgan fingerprint density at radius 2 is 1.63 bits per heavy atom. The third kappa shape index (κ3) is 4.21. The molecular weight excluding hydrogens is 407 g/mol. The molecule has 30 heavy (non-hydrogen) atoms. The Hall–Kier alpha value is -3.19. The highest BCUT2D eigenvalue weighted by Gasteiger charge is 2.26. The highest BCUT2D eigenvalue weighted by atomic mass is 35.5. The first-order valence-corrected chi connectivity index (χ1v) is 10.1. The van der Waals surface area contributed by atoms with E-state index in [2.05, 4.69) is 15.7 Å². The van der Waals surface area contributed by atoms with Crippen LogP contribution in [0.3, 0.4) is 0 Å².